The van der Waals surface area contributed by atoms with Crippen LogP contribution in [0.4, 0.5) is 0 Å². The molecule has 1 aromatic carbocycles. The summed E-state index contributed by atoms with van der Waals surface area (Å²) in [6, 6.07) is 11.5. The number of carbonyl (C=O) groups excluding carboxylic acids is 1. The molecule has 3 aromatic rings. The van der Waals surface area contributed by atoms with Crippen molar-refractivity contribution in [3.05, 3.63) is 69.7 Å². The van der Waals surface area contributed by atoms with E-state index in [1.807, 2.05) is 62.6 Å². The molecule has 0 atom stereocenters. The molecule has 0 spiro atoms. The summed E-state index contributed by atoms with van der Waals surface area (Å²) in [6.45, 7) is 7.56. The van der Waals surface area contributed by atoms with Gasteiger partial charge in [0.05, 0.1) is 19.7 Å². The van der Waals surface area contributed by atoms with Crippen LogP contribution in [0, 0.1) is 39.0 Å². The highest BCUT2D eigenvalue weighted by Gasteiger charge is 2.20. The lowest BCUT2D eigenvalue weighted by Crippen LogP contribution is -2.19. The number of benzene rings is 1. The second kappa shape index (κ2) is 8.70. The first-order chi connectivity index (χ1) is 14.3. The maximum Gasteiger partial charge on any atom is 0.244 e. The molecule has 0 aliphatic rings. The van der Waals surface area contributed by atoms with E-state index in [-0.39, 0.29) is 12.3 Å². The number of ether oxygens (including phenoxy) is 1. The van der Waals surface area contributed by atoms with E-state index < -0.39 is 0 Å². The van der Waals surface area contributed by atoms with Crippen LogP contribution in [0.3, 0.4) is 0 Å². The fourth-order valence-corrected chi connectivity index (χ4v) is 3.27. The number of methoxy groups -OCH3 is 1. The van der Waals surface area contributed by atoms with E-state index in [1.165, 1.54) is 0 Å². The maximum absolute atomic E-state index is 12.1. The van der Waals surface area contributed by atoms with E-state index in [0.29, 0.717) is 11.4 Å². The number of hydrogen-bond acceptors (Lipinski definition) is 5. The minimum atomic E-state index is -0.214. The molecule has 3 rings (SSSR count). The Morgan fingerprint density at radius 3 is 2.60 bits per heavy atom. The first kappa shape index (κ1) is 20.9. The van der Waals surface area contributed by atoms with Gasteiger partial charge in [-0.1, -0.05) is 12.1 Å². The molecule has 0 aliphatic carbocycles. The van der Waals surface area contributed by atoms with Crippen molar-refractivity contribution in [1.29, 1.82) is 5.26 Å². The van der Waals surface area contributed by atoms with E-state index in [9.17, 15) is 10.1 Å². The molecule has 2 heterocycles. The van der Waals surface area contributed by atoms with E-state index >= 15 is 0 Å². The zero-order valence-corrected chi connectivity index (χ0v) is 17.7. The monoisotopic (exact) mass is 404 g/mol. The molecule has 2 aromatic heterocycles. The molecular formula is C23H24N4O3. The van der Waals surface area contributed by atoms with Crippen LogP contribution in [0.2, 0.25) is 0 Å². The molecule has 0 bridgehead atoms. The number of carbonyl (C=O) groups is 1. The van der Waals surface area contributed by atoms with Crippen LogP contribution in [0.25, 0.3) is 5.88 Å². The van der Waals surface area contributed by atoms with Crippen molar-refractivity contribution in [2.75, 3.05) is 7.11 Å². The van der Waals surface area contributed by atoms with Gasteiger partial charge in [0.1, 0.15) is 23.1 Å². The summed E-state index contributed by atoms with van der Waals surface area (Å²) in [5.41, 5.74) is 7.38. The number of nitriles is 1. The molecule has 30 heavy (non-hydrogen) atoms. The summed E-state index contributed by atoms with van der Waals surface area (Å²) >= 11 is 0. The zero-order chi connectivity index (χ0) is 21.8. The first-order valence-electron chi connectivity index (χ1n) is 9.50. The molecule has 154 valence electrons. The second-order valence-electron chi connectivity index (χ2n) is 7.06. The number of aryl methyl sites for hydroxylation is 2. The second-order valence-corrected chi connectivity index (χ2v) is 7.06. The maximum atomic E-state index is 12.1. The third-order valence-corrected chi connectivity index (χ3v) is 5.07. The highest BCUT2D eigenvalue weighted by molar-refractivity contribution is 5.84. The summed E-state index contributed by atoms with van der Waals surface area (Å²) in [7, 11) is 1.60. The molecule has 0 unspecified atom stereocenters. The number of aromatic nitrogens is 1. The first-order valence-corrected chi connectivity index (χ1v) is 9.50. The third-order valence-electron chi connectivity index (χ3n) is 5.07. The van der Waals surface area contributed by atoms with Gasteiger partial charge >= 0.3 is 0 Å². The third kappa shape index (κ3) is 4.13. The number of hydrazone groups is 1. The average Bonchev–Trinajstić information content (AvgIpc) is 3.16. The largest absolute Gasteiger partial charge is 0.497 e. The van der Waals surface area contributed by atoms with E-state index in [2.05, 4.69) is 16.6 Å². The van der Waals surface area contributed by atoms with Gasteiger partial charge in [-0.25, -0.2) is 5.43 Å². The fourth-order valence-electron chi connectivity index (χ4n) is 3.27. The molecule has 7 nitrogen and oxygen atoms in total. The summed E-state index contributed by atoms with van der Waals surface area (Å²) in [4.78, 5) is 12.1. The van der Waals surface area contributed by atoms with Gasteiger partial charge in [0, 0.05) is 22.5 Å². The van der Waals surface area contributed by atoms with Crippen LogP contribution < -0.4 is 10.2 Å². The van der Waals surface area contributed by atoms with Gasteiger partial charge in [0.2, 0.25) is 11.8 Å². The highest BCUT2D eigenvalue weighted by Crippen LogP contribution is 2.28. The van der Waals surface area contributed by atoms with Crippen molar-refractivity contribution in [1.82, 2.24) is 9.99 Å². The molecular weight excluding hydrogens is 380 g/mol. The summed E-state index contributed by atoms with van der Waals surface area (Å²) < 4.78 is 12.8. The van der Waals surface area contributed by atoms with Gasteiger partial charge in [-0.15, -0.1) is 0 Å². The van der Waals surface area contributed by atoms with Gasteiger partial charge < -0.3 is 9.15 Å². The van der Waals surface area contributed by atoms with Crippen LogP contribution in [0.1, 0.15) is 39.4 Å². The minimum absolute atomic E-state index is 0.214. The van der Waals surface area contributed by atoms with Crippen molar-refractivity contribution >= 4 is 12.1 Å². The van der Waals surface area contributed by atoms with Crippen LogP contribution in [-0.4, -0.2) is 23.8 Å². The minimum Gasteiger partial charge on any atom is -0.497 e. The fraction of sp³-hybridized carbons (Fsp3) is 0.261. The van der Waals surface area contributed by atoms with Crippen LogP contribution in [0.5, 0.6) is 5.75 Å². The van der Waals surface area contributed by atoms with E-state index in [1.54, 1.807) is 13.3 Å². The predicted octanol–water partition coefficient (Wildman–Crippen LogP) is 3.88. The zero-order valence-electron chi connectivity index (χ0n) is 17.7. The lowest BCUT2D eigenvalue weighted by molar-refractivity contribution is -0.120. The van der Waals surface area contributed by atoms with Crippen molar-refractivity contribution in [2.24, 2.45) is 5.10 Å². The van der Waals surface area contributed by atoms with Gasteiger partial charge in [0.25, 0.3) is 0 Å². The Kier molecular flexibility index (Phi) is 6.07. The number of furan rings is 1. The summed E-state index contributed by atoms with van der Waals surface area (Å²) in [5, 5.41) is 13.6. The molecule has 0 fully saturated rings. The Hall–Kier alpha value is -3.79. The van der Waals surface area contributed by atoms with Crippen molar-refractivity contribution < 1.29 is 13.9 Å². The molecule has 1 N–H and O–H groups in total. The molecule has 1 amide bonds. The normalized spacial score (nSPS) is 10.9. The average molecular weight is 404 g/mol. The Balaban J connectivity index is 1.74. The number of amides is 1. The van der Waals surface area contributed by atoms with Crippen molar-refractivity contribution in [3.8, 4) is 17.7 Å². The Labute approximate surface area is 175 Å². The van der Waals surface area contributed by atoms with Gasteiger partial charge in [0.15, 0.2) is 0 Å². The molecule has 0 saturated carbocycles. The van der Waals surface area contributed by atoms with Crippen LogP contribution in [-0.2, 0) is 11.2 Å². The van der Waals surface area contributed by atoms with Crippen molar-refractivity contribution in [3.63, 3.8) is 0 Å². The number of nitrogens with one attached hydrogen (secondary N) is 1. The SMILES string of the molecule is COc1ccc(CC(=O)N/N=C\c2cc(C)n(-c3oc(C)c(C)c3C#N)c2C)cc1. The standard InChI is InChI=1S/C23H24N4O3/c1-14-10-19(16(3)27(14)23-21(12-24)15(2)17(4)30-23)13-25-26-22(28)11-18-6-8-20(29-5)9-7-18/h6-10,13H,11H2,1-5H3,(H,26,28)/b25-13-. The Morgan fingerprint density at radius 1 is 1.27 bits per heavy atom. The Bertz CT molecular complexity index is 1140. The predicted molar refractivity (Wildman–Crippen MR) is 114 cm³/mol. The highest BCUT2D eigenvalue weighted by atomic mass is 16.5. The number of hydrogen-bond donors (Lipinski definition) is 1. The number of rotatable bonds is 6. The van der Waals surface area contributed by atoms with E-state index in [0.717, 1.165) is 39.6 Å². The lowest BCUT2D eigenvalue weighted by atomic mass is 10.1. The van der Waals surface area contributed by atoms with Gasteiger partial charge in [-0.05, 0) is 51.5 Å². The van der Waals surface area contributed by atoms with Gasteiger partial charge in [-0.3, -0.25) is 9.36 Å². The van der Waals surface area contributed by atoms with Crippen LogP contribution in [0.15, 0.2) is 39.9 Å². The number of nitrogens with zero attached hydrogens (tertiary/aromatic N) is 3. The van der Waals surface area contributed by atoms with Gasteiger partial charge in [-0.2, -0.15) is 10.4 Å². The smallest absolute Gasteiger partial charge is 0.244 e. The molecule has 0 saturated heterocycles. The topological polar surface area (TPSA) is 92.5 Å². The van der Waals surface area contributed by atoms with E-state index in [4.69, 9.17) is 9.15 Å². The quantitative estimate of drug-likeness (QED) is 0.498. The van der Waals surface area contributed by atoms with Crippen molar-refractivity contribution in [2.45, 2.75) is 34.1 Å². The molecule has 7 heteroatoms. The summed E-state index contributed by atoms with van der Waals surface area (Å²) in [5.74, 6) is 1.75. The lowest BCUT2D eigenvalue weighted by Gasteiger charge is -2.06. The summed E-state index contributed by atoms with van der Waals surface area (Å²) in [6.07, 6.45) is 1.82. The Morgan fingerprint density at radius 2 is 1.97 bits per heavy atom. The molecule has 0 radical (unpaired) electrons. The molecule has 0 aliphatic heterocycles. The van der Waals surface area contributed by atoms with Crippen LogP contribution >= 0.6 is 0 Å².